The standard InChI is InChI=1S/C17H20N4O3/c18-17(19)21-10-4-7-14(16(22)23)20-9-3-6-13-11-12-5-1-2-8-15(12)24-13/h1-3,5-6,8-9,11,14H,4,7,10H2,(H,22,23)(H4,18,19,21)/b6-3+,20-9?/t14-/m0/s1. The maximum atomic E-state index is 11.2. The van der Waals surface area contributed by atoms with E-state index in [0.717, 1.165) is 11.0 Å². The van der Waals surface area contributed by atoms with Crippen molar-refractivity contribution in [2.24, 2.45) is 21.5 Å². The van der Waals surface area contributed by atoms with E-state index in [2.05, 4.69) is 9.98 Å². The lowest BCUT2D eigenvalue weighted by molar-refractivity contribution is -0.138. The molecule has 126 valence electrons. The zero-order valence-corrected chi connectivity index (χ0v) is 13.1. The molecular formula is C17H20N4O3. The van der Waals surface area contributed by atoms with Gasteiger partial charge in [-0.1, -0.05) is 18.2 Å². The number of fused-ring (bicyclic) bond motifs is 1. The smallest absolute Gasteiger partial charge is 0.328 e. The van der Waals surface area contributed by atoms with Gasteiger partial charge in [0.05, 0.1) is 0 Å². The van der Waals surface area contributed by atoms with Crippen LogP contribution in [0.3, 0.4) is 0 Å². The van der Waals surface area contributed by atoms with Gasteiger partial charge in [-0.15, -0.1) is 0 Å². The largest absolute Gasteiger partial charge is 0.480 e. The average Bonchev–Trinajstić information content (AvgIpc) is 2.95. The highest BCUT2D eigenvalue weighted by Gasteiger charge is 2.13. The lowest BCUT2D eigenvalue weighted by Crippen LogP contribution is -2.23. The molecule has 1 aromatic carbocycles. The molecule has 0 spiro atoms. The highest BCUT2D eigenvalue weighted by Crippen LogP contribution is 2.19. The topological polar surface area (TPSA) is 127 Å². The Hall–Kier alpha value is -3.09. The third kappa shape index (κ3) is 5.28. The molecule has 2 rings (SSSR count). The Morgan fingerprint density at radius 3 is 2.83 bits per heavy atom. The molecule has 0 aliphatic heterocycles. The quantitative estimate of drug-likeness (QED) is 0.388. The van der Waals surface area contributed by atoms with E-state index in [4.69, 9.17) is 21.0 Å². The van der Waals surface area contributed by atoms with Gasteiger partial charge in [0.15, 0.2) is 5.96 Å². The summed E-state index contributed by atoms with van der Waals surface area (Å²) < 4.78 is 5.62. The van der Waals surface area contributed by atoms with Crippen LogP contribution in [-0.2, 0) is 4.79 Å². The van der Waals surface area contributed by atoms with Gasteiger partial charge in [-0.2, -0.15) is 0 Å². The van der Waals surface area contributed by atoms with Crippen LogP contribution in [0, 0.1) is 0 Å². The van der Waals surface area contributed by atoms with E-state index >= 15 is 0 Å². The van der Waals surface area contributed by atoms with E-state index < -0.39 is 12.0 Å². The fraction of sp³-hybridized carbons (Fsp3) is 0.235. The maximum absolute atomic E-state index is 11.2. The number of benzene rings is 1. The molecule has 5 N–H and O–H groups in total. The molecule has 2 aromatic rings. The van der Waals surface area contributed by atoms with Crippen LogP contribution in [0.4, 0.5) is 0 Å². The fourth-order valence-electron chi connectivity index (χ4n) is 2.13. The number of aliphatic carboxylic acids is 1. The first kappa shape index (κ1) is 17.3. The number of para-hydroxylation sites is 1. The van der Waals surface area contributed by atoms with E-state index in [1.54, 1.807) is 12.2 Å². The highest BCUT2D eigenvalue weighted by atomic mass is 16.4. The van der Waals surface area contributed by atoms with Crippen LogP contribution in [0.15, 0.2) is 50.8 Å². The third-order valence-electron chi connectivity index (χ3n) is 3.27. The van der Waals surface area contributed by atoms with Crippen molar-refractivity contribution in [1.82, 2.24) is 0 Å². The van der Waals surface area contributed by atoms with Crippen LogP contribution >= 0.6 is 0 Å². The van der Waals surface area contributed by atoms with E-state index in [9.17, 15) is 4.79 Å². The predicted molar refractivity (Wildman–Crippen MR) is 95.1 cm³/mol. The second-order valence-corrected chi connectivity index (χ2v) is 5.15. The predicted octanol–water partition coefficient (Wildman–Crippen LogP) is 2.02. The molecule has 0 aliphatic rings. The Bertz CT molecular complexity index is 740. The molecule has 1 aromatic heterocycles. The summed E-state index contributed by atoms with van der Waals surface area (Å²) in [7, 11) is 0. The first-order valence-electron chi connectivity index (χ1n) is 7.53. The minimum absolute atomic E-state index is 0.000792. The lowest BCUT2D eigenvalue weighted by Gasteiger charge is -2.05. The number of carbonyl (C=O) groups is 1. The zero-order valence-electron chi connectivity index (χ0n) is 13.1. The normalized spacial score (nSPS) is 12.8. The van der Waals surface area contributed by atoms with Gasteiger partial charge >= 0.3 is 5.97 Å². The number of carboxylic acid groups (broad SMARTS) is 1. The summed E-state index contributed by atoms with van der Waals surface area (Å²) in [4.78, 5) is 19.0. The molecule has 7 heteroatoms. The number of aliphatic imine (C=N–C) groups is 2. The minimum atomic E-state index is -0.979. The number of guanidine groups is 1. The number of carboxylic acids is 1. The number of hydrogen-bond acceptors (Lipinski definition) is 4. The van der Waals surface area contributed by atoms with Gasteiger partial charge in [-0.25, -0.2) is 4.79 Å². The average molecular weight is 328 g/mol. The first-order valence-corrected chi connectivity index (χ1v) is 7.53. The number of hydrogen-bond donors (Lipinski definition) is 3. The lowest BCUT2D eigenvalue weighted by atomic mass is 10.1. The van der Waals surface area contributed by atoms with Crippen molar-refractivity contribution in [2.45, 2.75) is 18.9 Å². The summed E-state index contributed by atoms with van der Waals surface area (Å²) in [5, 5.41) is 10.2. The van der Waals surface area contributed by atoms with Crippen molar-refractivity contribution >= 4 is 35.2 Å². The summed E-state index contributed by atoms with van der Waals surface area (Å²) >= 11 is 0. The van der Waals surface area contributed by atoms with Gasteiger partial charge in [0.2, 0.25) is 0 Å². The molecule has 0 bridgehead atoms. The molecule has 0 saturated carbocycles. The number of rotatable bonds is 8. The molecule has 1 atom stereocenters. The fourth-order valence-corrected chi connectivity index (χ4v) is 2.13. The van der Waals surface area contributed by atoms with Crippen LogP contribution in [-0.4, -0.2) is 35.8 Å². The van der Waals surface area contributed by atoms with Gasteiger partial charge < -0.3 is 21.0 Å². The number of furan rings is 1. The van der Waals surface area contributed by atoms with Gasteiger partial charge in [-0.05, 0) is 37.1 Å². The first-order chi connectivity index (χ1) is 11.6. The summed E-state index contributed by atoms with van der Waals surface area (Å²) in [6, 6.07) is 8.77. The Morgan fingerprint density at radius 1 is 1.33 bits per heavy atom. The van der Waals surface area contributed by atoms with Crippen molar-refractivity contribution in [1.29, 1.82) is 0 Å². The Morgan fingerprint density at radius 2 is 2.12 bits per heavy atom. The highest BCUT2D eigenvalue weighted by molar-refractivity contribution is 5.84. The van der Waals surface area contributed by atoms with Crippen LogP contribution in [0.5, 0.6) is 0 Å². The van der Waals surface area contributed by atoms with Crippen molar-refractivity contribution < 1.29 is 14.3 Å². The molecular weight excluding hydrogens is 308 g/mol. The molecule has 1 heterocycles. The summed E-state index contributed by atoms with van der Waals surface area (Å²) in [6.07, 6.45) is 5.76. The van der Waals surface area contributed by atoms with Crippen molar-refractivity contribution in [3.05, 3.63) is 42.2 Å². The molecule has 0 amide bonds. The molecule has 0 saturated heterocycles. The second kappa shape index (κ2) is 8.52. The summed E-state index contributed by atoms with van der Waals surface area (Å²) in [5.41, 5.74) is 11.2. The van der Waals surface area contributed by atoms with Crippen LogP contribution in [0.1, 0.15) is 18.6 Å². The van der Waals surface area contributed by atoms with Gasteiger partial charge in [-0.3, -0.25) is 9.98 Å². The monoisotopic (exact) mass is 328 g/mol. The van der Waals surface area contributed by atoms with Gasteiger partial charge in [0.25, 0.3) is 0 Å². The molecule has 0 fully saturated rings. The van der Waals surface area contributed by atoms with Gasteiger partial charge in [0.1, 0.15) is 17.4 Å². The van der Waals surface area contributed by atoms with E-state index in [-0.39, 0.29) is 5.96 Å². The van der Waals surface area contributed by atoms with Gasteiger partial charge in [0, 0.05) is 18.1 Å². The molecule has 0 unspecified atom stereocenters. The SMILES string of the molecule is NC(N)=NCCC[C@H](N=C/C=C/c1cc2ccccc2o1)C(=O)O. The van der Waals surface area contributed by atoms with E-state index in [1.165, 1.54) is 6.21 Å². The van der Waals surface area contributed by atoms with Crippen LogP contribution in [0.2, 0.25) is 0 Å². The third-order valence-corrected chi connectivity index (χ3v) is 3.27. The Kier molecular flexibility index (Phi) is 6.13. The van der Waals surface area contributed by atoms with Crippen LogP contribution in [0.25, 0.3) is 17.0 Å². The summed E-state index contributed by atoms with van der Waals surface area (Å²) in [5.74, 6) is -0.297. The van der Waals surface area contributed by atoms with Crippen molar-refractivity contribution in [3.8, 4) is 0 Å². The van der Waals surface area contributed by atoms with Crippen molar-refractivity contribution in [3.63, 3.8) is 0 Å². The second-order valence-electron chi connectivity index (χ2n) is 5.15. The van der Waals surface area contributed by atoms with Crippen molar-refractivity contribution in [2.75, 3.05) is 6.54 Å². The molecule has 0 aliphatic carbocycles. The molecule has 0 radical (unpaired) electrons. The van der Waals surface area contributed by atoms with Crippen LogP contribution < -0.4 is 11.5 Å². The number of allylic oxidation sites excluding steroid dienone is 1. The summed E-state index contributed by atoms with van der Waals surface area (Å²) in [6.45, 7) is 0.385. The Labute approximate surface area is 139 Å². The maximum Gasteiger partial charge on any atom is 0.328 e. The molecule has 24 heavy (non-hydrogen) atoms. The number of nitrogens with two attached hydrogens (primary N) is 2. The van der Waals surface area contributed by atoms with E-state index in [1.807, 2.05) is 30.3 Å². The molecule has 7 nitrogen and oxygen atoms in total. The minimum Gasteiger partial charge on any atom is -0.480 e. The Balaban J connectivity index is 1.91. The zero-order chi connectivity index (χ0) is 17.4. The van der Waals surface area contributed by atoms with E-state index in [0.29, 0.717) is 25.1 Å². The number of nitrogens with zero attached hydrogens (tertiary/aromatic N) is 2.